The summed E-state index contributed by atoms with van der Waals surface area (Å²) in [4.78, 5) is 37.8. The molecule has 2 aromatic carbocycles. The molecular formula is C17H9NO4. The molecule has 0 fully saturated rings. The fraction of sp³-hybridized carbons (Fsp3) is 0. The smallest absolute Gasteiger partial charge is 0.266 e. The minimum absolute atomic E-state index is 0.222. The van der Waals surface area contributed by atoms with Crippen molar-refractivity contribution in [2.24, 2.45) is 0 Å². The number of hydrogen-bond donors (Lipinski definition) is 0. The lowest BCUT2D eigenvalue weighted by Gasteiger charge is -2.14. The van der Waals surface area contributed by atoms with Crippen LogP contribution in [0.4, 0.5) is 5.69 Å². The van der Waals surface area contributed by atoms with Gasteiger partial charge in [-0.2, -0.15) is 0 Å². The number of carbonyl (C=O) groups is 2. The highest BCUT2D eigenvalue weighted by Gasteiger charge is 2.36. The maximum absolute atomic E-state index is 12.4. The number of rotatable bonds is 1. The number of benzene rings is 2. The SMILES string of the molecule is O=C1c2ccccc2C(=O)N1c1ccc2occc(=O)c2c1. The van der Waals surface area contributed by atoms with Crippen LogP contribution in [0.3, 0.4) is 0 Å². The zero-order valence-corrected chi connectivity index (χ0v) is 11.3. The van der Waals surface area contributed by atoms with Crippen LogP contribution in [-0.2, 0) is 0 Å². The molecular weight excluding hydrogens is 282 g/mol. The number of fused-ring (bicyclic) bond motifs is 2. The zero-order chi connectivity index (χ0) is 15.3. The Hall–Kier alpha value is -3.21. The number of imide groups is 1. The third-order valence-electron chi connectivity index (χ3n) is 3.70. The van der Waals surface area contributed by atoms with Gasteiger partial charge in [0, 0.05) is 6.07 Å². The Kier molecular flexibility index (Phi) is 2.50. The molecule has 0 saturated heterocycles. The summed E-state index contributed by atoms with van der Waals surface area (Å²) in [5.74, 6) is -0.777. The van der Waals surface area contributed by atoms with Crippen molar-refractivity contribution < 1.29 is 14.0 Å². The lowest BCUT2D eigenvalue weighted by Crippen LogP contribution is -2.29. The Balaban J connectivity index is 1.90. The van der Waals surface area contributed by atoms with Gasteiger partial charge in [-0.1, -0.05) is 12.1 Å². The fourth-order valence-corrected chi connectivity index (χ4v) is 2.64. The first kappa shape index (κ1) is 12.5. The molecule has 0 aliphatic carbocycles. The summed E-state index contributed by atoms with van der Waals surface area (Å²) in [5, 5.41) is 0.330. The Morgan fingerprint density at radius 3 is 2.18 bits per heavy atom. The normalized spacial score (nSPS) is 13.7. The molecule has 1 aliphatic heterocycles. The van der Waals surface area contributed by atoms with Gasteiger partial charge in [0.25, 0.3) is 11.8 Å². The van der Waals surface area contributed by atoms with Gasteiger partial charge >= 0.3 is 0 Å². The summed E-state index contributed by atoms with van der Waals surface area (Å²) < 4.78 is 5.24. The first-order valence-electron chi connectivity index (χ1n) is 6.66. The topological polar surface area (TPSA) is 67.6 Å². The third kappa shape index (κ3) is 1.62. The van der Waals surface area contributed by atoms with Crippen molar-refractivity contribution in [3.05, 3.63) is 76.1 Å². The molecule has 5 nitrogen and oxygen atoms in total. The van der Waals surface area contributed by atoms with E-state index in [2.05, 4.69) is 0 Å². The zero-order valence-electron chi connectivity index (χ0n) is 11.3. The van der Waals surface area contributed by atoms with Gasteiger partial charge in [-0.05, 0) is 30.3 Å². The number of anilines is 1. The number of hydrogen-bond acceptors (Lipinski definition) is 4. The van der Waals surface area contributed by atoms with Gasteiger partial charge in [0.15, 0.2) is 5.43 Å². The minimum Gasteiger partial charge on any atom is -0.464 e. The molecule has 0 unspecified atom stereocenters. The van der Waals surface area contributed by atoms with Gasteiger partial charge in [-0.15, -0.1) is 0 Å². The van der Waals surface area contributed by atoms with E-state index < -0.39 is 0 Å². The highest BCUT2D eigenvalue weighted by atomic mass is 16.3. The molecule has 0 N–H and O–H groups in total. The van der Waals surface area contributed by atoms with Gasteiger partial charge in [0.05, 0.1) is 28.5 Å². The molecule has 1 aliphatic rings. The average Bonchev–Trinajstić information content (AvgIpc) is 2.80. The summed E-state index contributed by atoms with van der Waals surface area (Å²) in [5.41, 5.74) is 1.28. The number of nitrogens with zero attached hydrogens (tertiary/aromatic N) is 1. The van der Waals surface area contributed by atoms with E-state index in [0.717, 1.165) is 4.90 Å². The quantitative estimate of drug-likeness (QED) is 0.646. The Labute approximate surface area is 124 Å². The van der Waals surface area contributed by atoms with Crippen molar-refractivity contribution in [2.75, 3.05) is 4.90 Å². The molecule has 0 spiro atoms. The summed E-state index contributed by atoms with van der Waals surface area (Å²) in [6.45, 7) is 0. The second-order valence-corrected chi connectivity index (χ2v) is 4.96. The Morgan fingerprint density at radius 2 is 1.50 bits per heavy atom. The average molecular weight is 291 g/mol. The van der Waals surface area contributed by atoms with E-state index in [1.165, 1.54) is 18.4 Å². The van der Waals surface area contributed by atoms with E-state index in [0.29, 0.717) is 27.8 Å². The van der Waals surface area contributed by atoms with Crippen molar-refractivity contribution >= 4 is 28.5 Å². The maximum Gasteiger partial charge on any atom is 0.266 e. The van der Waals surface area contributed by atoms with Crippen molar-refractivity contribution in [3.63, 3.8) is 0 Å². The molecule has 0 bridgehead atoms. The molecule has 0 atom stereocenters. The second kappa shape index (κ2) is 4.39. The molecule has 3 aromatic rings. The molecule has 2 amide bonds. The van der Waals surface area contributed by atoms with Crippen molar-refractivity contribution in [1.82, 2.24) is 0 Å². The molecule has 0 radical (unpaired) electrons. The Bertz CT molecular complexity index is 968. The maximum atomic E-state index is 12.4. The highest BCUT2D eigenvalue weighted by Crippen LogP contribution is 2.29. The summed E-state index contributed by atoms with van der Waals surface area (Å²) in [7, 11) is 0. The fourth-order valence-electron chi connectivity index (χ4n) is 2.64. The molecule has 2 heterocycles. The predicted molar refractivity (Wildman–Crippen MR) is 80.1 cm³/mol. The van der Waals surface area contributed by atoms with Crippen LogP contribution in [0.25, 0.3) is 11.0 Å². The molecule has 106 valence electrons. The van der Waals surface area contributed by atoms with E-state index >= 15 is 0 Å². The summed E-state index contributed by atoms with van der Waals surface area (Å²) in [6.07, 6.45) is 1.31. The van der Waals surface area contributed by atoms with Gasteiger partial charge in [-0.25, -0.2) is 4.90 Å². The predicted octanol–water partition coefficient (Wildman–Crippen LogP) is 2.59. The van der Waals surface area contributed by atoms with Gasteiger partial charge in [-0.3, -0.25) is 14.4 Å². The van der Waals surface area contributed by atoms with E-state index in [-0.39, 0.29) is 17.2 Å². The third-order valence-corrected chi connectivity index (χ3v) is 3.70. The van der Waals surface area contributed by atoms with Crippen LogP contribution in [0, 0.1) is 0 Å². The molecule has 22 heavy (non-hydrogen) atoms. The van der Waals surface area contributed by atoms with Crippen LogP contribution >= 0.6 is 0 Å². The molecule has 4 rings (SSSR count). The summed E-state index contributed by atoms with van der Waals surface area (Å²) >= 11 is 0. The molecule has 5 heteroatoms. The van der Waals surface area contributed by atoms with Crippen LogP contribution in [-0.4, -0.2) is 11.8 Å². The minimum atomic E-state index is -0.389. The van der Waals surface area contributed by atoms with Crippen LogP contribution in [0.2, 0.25) is 0 Å². The first-order chi connectivity index (χ1) is 10.7. The van der Waals surface area contributed by atoms with E-state index in [4.69, 9.17) is 4.42 Å². The number of carbonyl (C=O) groups excluding carboxylic acids is 2. The van der Waals surface area contributed by atoms with E-state index in [1.807, 2.05) is 0 Å². The molecule has 0 saturated carbocycles. The largest absolute Gasteiger partial charge is 0.464 e. The summed E-state index contributed by atoms with van der Waals surface area (Å²) in [6, 6.07) is 12.6. The van der Waals surface area contributed by atoms with Crippen LogP contribution < -0.4 is 10.3 Å². The van der Waals surface area contributed by atoms with E-state index in [1.54, 1.807) is 36.4 Å². The highest BCUT2D eigenvalue weighted by molar-refractivity contribution is 6.34. The van der Waals surface area contributed by atoms with Crippen LogP contribution in [0.1, 0.15) is 20.7 Å². The van der Waals surface area contributed by atoms with Crippen molar-refractivity contribution in [2.45, 2.75) is 0 Å². The second-order valence-electron chi connectivity index (χ2n) is 4.96. The van der Waals surface area contributed by atoms with Gasteiger partial charge in [0.2, 0.25) is 0 Å². The standard InChI is InChI=1S/C17H9NO4/c19-14-7-8-22-15-6-5-10(9-13(14)15)18-16(20)11-3-1-2-4-12(11)17(18)21/h1-9H. The molecule has 1 aromatic heterocycles. The van der Waals surface area contributed by atoms with Crippen molar-refractivity contribution in [3.8, 4) is 0 Å². The van der Waals surface area contributed by atoms with Crippen molar-refractivity contribution in [1.29, 1.82) is 0 Å². The first-order valence-corrected chi connectivity index (χ1v) is 6.66. The lowest BCUT2D eigenvalue weighted by molar-refractivity contribution is 0.0926. The lowest BCUT2D eigenvalue weighted by atomic mass is 10.1. The monoisotopic (exact) mass is 291 g/mol. The van der Waals surface area contributed by atoms with Gasteiger partial charge < -0.3 is 4.42 Å². The van der Waals surface area contributed by atoms with Crippen LogP contribution in [0.15, 0.2) is 64.0 Å². The number of amides is 2. The van der Waals surface area contributed by atoms with E-state index in [9.17, 15) is 14.4 Å². The van der Waals surface area contributed by atoms with Gasteiger partial charge in [0.1, 0.15) is 5.58 Å². The van der Waals surface area contributed by atoms with Crippen LogP contribution in [0.5, 0.6) is 0 Å². The Morgan fingerprint density at radius 1 is 0.818 bits per heavy atom.